The van der Waals surface area contributed by atoms with Gasteiger partial charge in [-0.1, -0.05) is 0 Å². The fraction of sp³-hybridized carbons (Fsp3) is 0.174. The third-order valence-electron chi connectivity index (χ3n) is 4.96. The molecule has 2 heterocycles. The minimum atomic E-state index is -0.362. The quantitative estimate of drug-likeness (QED) is 0.499. The number of hydrogen-bond acceptors (Lipinski definition) is 4. The van der Waals surface area contributed by atoms with Gasteiger partial charge in [0.25, 0.3) is 5.56 Å². The summed E-state index contributed by atoms with van der Waals surface area (Å²) in [5.74, 6) is 0.0810. The molecule has 1 N–H and O–H groups in total. The van der Waals surface area contributed by atoms with Gasteiger partial charge in [0.15, 0.2) is 0 Å². The highest BCUT2D eigenvalue weighted by atomic mass is 19.1. The SMILES string of the molecule is COc1ccc(-c2ccc(=O)n(CC(=O)NCCn3ccc4ccc(F)cc43)n2)cc1. The van der Waals surface area contributed by atoms with Gasteiger partial charge in [-0.05, 0) is 60.0 Å². The summed E-state index contributed by atoms with van der Waals surface area (Å²) in [6.07, 6.45) is 1.85. The van der Waals surface area contributed by atoms with Crippen LogP contribution >= 0.6 is 0 Å². The van der Waals surface area contributed by atoms with E-state index in [2.05, 4.69) is 10.4 Å². The Kier molecular flexibility index (Phi) is 5.79. The van der Waals surface area contributed by atoms with Crippen molar-refractivity contribution in [2.24, 2.45) is 0 Å². The Labute approximate surface area is 177 Å². The van der Waals surface area contributed by atoms with Gasteiger partial charge >= 0.3 is 0 Å². The van der Waals surface area contributed by atoms with E-state index in [9.17, 15) is 14.0 Å². The number of aromatic nitrogens is 3. The van der Waals surface area contributed by atoms with E-state index in [4.69, 9.17) is 4.74 Å². The van der Waals surface area contributed by atoms with E-state index in [1.165, 1.54) is 18.2 Å². The third-order valence-corrected chi connectivity index (χ3v) is 4.96. The van der Waals surface area contributed by atoms with Gasteiger partial charge in [0, 0.05) is 30.9 Å². The summed E-state index contributed by atoms with van der Waals surface area (Å²) in [6, 6.07) is 16.8. The number of fused-ring (bicyclic) bond motifs is 1. The van der Waals surface area contributed by atoms with Crippen LogP contribution in [0.3, 0.4) is 0 Å². The van der Waals surface area contributed by atoms with E-state index in [0.29, 0.717) is 18.8 Å². The highest BCUT2D eigenvalue weighted by molar-refractivity contribution is 5.80. The van der Waals surface area contributed by atoms with Crippen molar-refractivity contribution in [3.63, 3.8) is 0 Å². The van der Waals surface area contributed by atoms with Crippen molar-refractivity contribution < 1.29 is 13.9 Å². The molecular formula is C23H21FN4O3. The largest absolute Gasteiger partial charge is 0.497 e. The standard InChI is InChI=1S/C23H21FN4O3/c1-31-19-6-3-16(4-7-19)20-8-9-23(30)28(26-20)15-22(29)25-11-13-27-12-10-17-2-5-18(24)14-21(17)27/h2-10,12,14H,11,13,15H2,1H3,(H,25,29). The van der Waals surface area contributed by atoms with Crippen LogP contribution < -0.4 is 15.6 Å². The van der Waals surface area contributed by atoms with Crippen molar-refractivity contribution >= 4 is 16.8 Å². The fourth-order valence-electron chi connectivity index (χ4n) is 3.34. The average molecular weight is 420 g/mol. The van der Waals surface area contributed by atoms with Crippen LogP contribution in [0, 0.1) is 5.82 Å². The molecule has 0 bridgehead atoms. The second kappa shape index (κ2) is 8.83. The molecule has 0 saturated heterocycles. The van der Waals surface area contributed by atoms with Gasteiger partial charge < -0.3 is 14.6 Å². The molecule has 4 rings (SSSR count). The average Bonchev–Trinajstić information content (AvgIpc) is 3.17. The molecule has 0 aliphatic rings. The summed E-state index contributed by atoms with van der Waals surface area (Å²) < 4.78 is 21.6. The molecule has 4 aromatic rings. The fourth-order valence-corrected chi connectivity index (χ4v) is 3.34. The Morgan fingerprint density at radius 1 is 1.10 bits per heavy atom. The van der Waals surface area contributed by atoms with Crippen LogP contribution in [0.25, 0.3) is 22.2 Å². The monoisotopic (exact) mass is 420 g/mol. The van der Waals surface area contributed by atoms with Crippen molar-refractivity contribution in [2.75, 3.05) is 13.7 Å². The second-order valence-electron chi connectivity index (χ2n) is 7.01. The molecule has 0 atom stereocenters. The number of rotatable bonds is 7. The highest BCUT2D eigenvalue weighted by Gasteiger charge is 2.09. The maximum atomic E-state index is 13.5. The number of benzene rings is 2. The third kappa shape index (κ3) is 4.63. The van der Waals surface area contributed by atoms with Crippen LogP contribution in [0.5, 0.6) is 5.75 Å². The van der Waals surface area contributed by atoms with Crippen molar-refractivity contribution in [1.82, 2.24) is 19.7 Å². The van der Waals surface area contributed by atoms with Gasteiger partial charge in [-0.3, -0.25) is 9.59 Å². The summed E-state index contributed by atoms with van der Waals surface area (Å²) >= 11 is 0. The number of methoxy groups -OCH3 is 1. The van der Waals surface area contributed by atoms with Crippen LogP contribution in [0.2, 0.25) is 0 Å². The Hall–Kier alpha value is -3.94. The molecule has 0 unspecified atom stereocenters. The smallest absolute Gasteiger partial charge is 0.267 e. The number of hydrogen-bond donors (Lipinski definition) is 1. The summed E-state index contributed by atoms with van der Waals surface area (Å²) in [5, 5.41) is 8.01. The summed E-state index contributed by atoms with van der Waals surface area (Å²) in [5.41, 5.74) is 1.79. The minimum absolute atomic E-state index is 0.191. The van der Waals surface area contributed by atoms with Gasteiger partial charge in [-0.15, -0.1) is 0 Å². The topological polar surface area (TPSA) is 78.1 Å². The lowest BCUT2D eigenvalue weighted by molar-refractivity contribution is -0.121. The maximum absolute atomic E-state index is 13.5. The molecule has 0 radical (unpaired) electrons. The molecule has 31 heavy (non-hydrogen) atoms. The molecule has 0 saturated carbocycles. The Bertz CT molecular complexity index is 1280. The lowest BCUT2D eigenvalue weighted by Gasteiger charge is -2.10. The van der Waals surface area contributed by atoms with E-state index in [1.807, 2.05) is 29.0 Å². The predicted molar refractivity (Wildman–Crippen MR) is 115 cm³/mol. The second-order valence-corrected chi connectivity index (χ2v) is 7.01. The minimum Gasteiger partial charge on any atom is -0.497 e. The van der Waals surface area contributed by atoms with E-state index in [0.717, 1.165) is 26.9 Å². The first-order valence-electron chi connectivity index (χ1n) is 9.77. The highest BCUT2D eigenvalue weighted by Crippen LogP contribution is 2.19. The molecule has 2 aromatic heterocycles. The molecule has 0 spiro atoms. The van der Waals surface area contributed by atoms with Crippen molar-refractivity contribution in [3.8, 4) is 17.0 Å². The van der Waals surface area contributed by atoms with Gasteiger partial charge in [0.05, 0.1) is 18.3 Å². The number of carbonyl (C=O) groups is 1. The Balaban J connectivity index is 1.39. The number of ether oxygens (including phenoxy) is 1. The number of amides is 1. The van der Waals surface area contributed by atoms with E-state index < -0.39 is 0 Å². The van der Waals surface area contributed by atoms with Gasteiger partial charge in [0.2, 0.25) is 5.91 Å². The maximum Gasteiger partial charge on any atom is 0.267 e. The first-order chi connectivity index (χ1) is 15.0. The molecule has 0 fully saturated rings. The number of halogens is 1. The van der Waals surface area contributed by atoms with E-state index >= 15 is 0 Å². The van der Waals surface area contributed by atoms with E-state index in [1.54, 1.807) is 31.4 Å². The predicted octanol–water partition coefficient (Wildman–Crippen LogP) is 2.83. The zero-order chi connectivity index (χ0) is 21.8. The van der Waals surface area contributed by atoms with Crippen LogP contribution in [-0.4, -0.2) is 33.9 Å². The first-order valence-corrected chi connectivity index (χ1v) is 9.77. The molecule has 158 valence electrons. The van der Waals surface area contributed by atoms with Crippen molar-refractivity contribution in [2.45, 2.75) is 13.1 Å². The van der Waals surface area contributed by atoms with Gasteiger partial charge in [0.1, 0.15) is 18.1 Å². The number of nitrogens with zero attached hydrogens (tertiary/aromatic N) is 3. The molecular weight excluding hydrogens is 399 g/mol. The summed E-state index contributed by atoms with van der Waals surface area (Å²) in [7, 11) is 1.59. The molecule has 0 aliphatic carbocycles. The molecule has 0 aliphatic heterocycles. The number of carbonyl (C=O) groups excluding carboxylic acids is 1. The Morgan fingerprint density at radius 3 is 2.68 bits per heavy atom. The van der Waals surface area contributed by atoms with Gasteiger partial charge in [-0.2, -0.15) is 5.10 Å². The molecule has 1 amide bonds. The summed E-state index contributed by atoms with van der Waals surface area (Å²) in [6.45, 7) is 0.628. The molecule has 7 nitrogen and oxygen atoms in total. The molecule has 2 aromatic carbocycles. The number of nitrogens with one attached hydrogen (secondary N) is 1. The van der Waals surface area contributed by atoms with Crippen LogP contribution in [-0.2, 0) is 17.9 Å². The Morgan fingerprint density at radius 2 is 1.90 bits per heavy atom. The normalized spacial score (nSPS) is 10.9. The van der Waals surface area contributed by atoms with Crippen molar-refractivity contribution in [3.05, 3.63) is 83.0 Å². The van der Waals surface area contributed by atoms with Crippen LogP contribution in [0.1, 0.15) is 0 Å². The summed E-state index contributed by atoms with van der Waals surface area (Å²) in [4.78, 5) is 24.5. The molecule has 8 heteroatoms. The first kappa shape index (κ1) is 20.3. The lowest BCUT2D eigenvalue weighted by Crippen LogP contribution is -2.35. The lowest BCUT2D eigenvalue weighted by atomic mass is 10.1. The van der Waals surface area contributed by atoms with Crippen LogP contribution in [0.15, 0.2) is 71.7 Å². The zero-order valence-electron chi connectivity index (χ0n) is 16.9. The zero-order valence-corrected chi connectivity index (χ0v) is 16.9. The van der Waals surface area contributed by atoms with E-state index in [-0.39, 0.29) is 23.8 Å². The van der Waals surface area contributed by atoms with Crippen LogP contribution in [0.4, 0.5) is 4.39 Å². The van der Waals surface area contributed by atoms with Gasteiger partial charge in [-0.25, -0.2) is 9.07 Å². The van der Waals surface area contributed by atoms with Crippen molar-refractivity contribution in [1.29, 1.82) is 0 Å².